The fourth-order valence-corrected chi connectivity index (χ4v) is 2.17. The summed E-state index contributed by atoms with van der Waals surface area (Å²) in [7, 11) is 1.34. The van der Waals surface area contributed by atoms with Crippen molar-refractivity contribution in [1.82, 2.24) is 5.32 Å². The van der Waals surface area contributed by atoms with E-state index < -0.39 is 0 Å². The standard InChI is InChI=1S/C12H13BrClNO3/c1-18-11(16)3-2-6-15-12(17)9-5-4-8(14)7-10(9)13/h4-5,7H,2-3,6H2,1H3,(H,15,17). The van der Waals surface area contributed by atoms with Crippen LogP contribution >= 0.6 is 27.5 Å². The van der Waals surface area contributed by atoms with Crippen molar-refractivity contribution >= 4 is 39.4 Å². The number of rotatable bonds is 5. The molecule has 0 aromatic heterocycles. The van der Waals surface area contributed by atoms with Crippen LogP contribution in [0.15, 0.2) is 22.7 Å². The normalized spacial score (nSPS) is 9.94. The zero-order chi connectivity index (χ0) is 13.5. The lowest BCUT2D eigenvalue weighted by atomic mass is 10.2. The van der Waals surface area contributed by atoms with Crippen LogP contribution in [0.5, 0.6) is 0 Å². The van der Waals surface area contributed by atoms with Gasteiger partial charge in [-0.05, 0) is 40.5 Å². The second-order valence-corrected chi connectivity index (χ2v) is 4.85. The third-order valence-electron chi connectivity index (χ3n) is 2.25. The SMILES string of the molecule is COC(=O)CCCNC(=O)c1ccc(Cl)cc1Br. The van der Waals surface area contributed by atoms with Crippen molar-refractivity contribution in [3.05, 3.63) is 33.3 Å². The van der Waals surface area contributed by atoms with E-state index in [1.54, 1.807) is 18.2 Å². The summed E-state index contributed by atoms with van der Waals surface area (Å²) < 4.78 is 5.14. The molecule has 1 aromatic carbocycles. The molecule has 0 saturated carbocycles. The maximum Gasteiger partial charge on any atom is 0.305 e. The van der Waals surface area contributed by atoms with E-state index in [1.807, 2.05) is 0 Å². The molecular weight excluding hydrogens is 321 g/mol. The van der Waals surface area contributed by atoms with E-state index in [1.165, 1.54) is 7.11 Å². The van der Waals surface area contributed by atoms with Gasteiger partial charge in [-0.1, -0.05) is 11.6 Å². The third-order valence-corrected chi connectivity index (χ3v) is 3.14. The van der Waals surface area contributed by atoms with Crippen LogP contribution in [0.3, 0.4) is 0 Å². The predicted molar refractivity (Wildman–Crippen MR) is 72.7 cm³/mol. The molecule has 6 heteroatoms. The van der Waals surface area contributed by atoms with E-state index in [0.717, 1.165) is 0 Å². The Labute approximate surface area is 119 Å². The molecule has 0 saturated heterocycles. The van der Waals surface area contributed by atoms with Gasteiger partial charge in [-0.15, -0.1) is 0 Å². The number of esters is 1. The van der Waals surface area contributed by atoms with Gasteiger partial charge in [0.1, 0.15) is 0 Å². The maximum absolute atomic E-state index is 11.8. The Morgan fingerprint density at radius 2 is 2.17 bits per heavy atom. The van der Waals surface area contributed by atoms with Crippen LogP contribution in [-0.4, -0.2) is 25.5 Å². The predicted octanol–water partition coefficient (Wildman–Crippen LogP) is 2.79. The number of hydrogen-bond donors (Lipinski definition) is 1. The lowest BCUT2D eigenvalue weighted by Gasteiger charge is -2.06. The molecule has 0 heterocycles. The topological polar surface area (TPSA) is 55.4 Å². The summed E-state index contributed by atoms with van der Waals surface area (Å²) in [5.74, 6) is -0.486. The lowest BCUT2D eigenvalue weighted by molar-refractivity contribution is -0.140. The molecule has 0 spiro atoms. The van der Waals surface area contributed by atoms with Crippen molar-refractivity contribution < 1.29 is 14.3 Å². The molecule has 1 aromatic rings. The molecule has 0 radical (unpaired) electrons. The molecule has 0 unspecified atom stereocenters. The summed E-state index contributed by atoms with van der Waals surface area (Å²) in [4.78, 5) is 22.7. The Kier molecular flexibility index (Phi) is 6.15. The number of nitrogens with one attached hydrogen (secondary N) is 1. The smallest absolute Gasteiger partial charge is 0.305 e. The highest BCUT2D eigenvalue weighted by atomic mass is 79.9. The number of benzene rings is 1. The number of ether oxygens (including phenoxy) is 1. The first-order valence-electron chi connectivity index (χ1n) is 5.34. The average molecular weight is 335 g/mol. The highest BCUT2D eigenvalue weighted by molar-refractivity contribution is 9.10. The van der Waals surface area contributed by atoms with Crippen molar-refractivity contribution in [2.75, 3.05) is 13.7 Å². The summed E-state index contributed by atoms with van der Waals surface area (Å²) in [5, 5.41) is 3.28. The van der Waals surface area contributed by atoms with Gasteiger partial charge in [0.15, 0.2) is 0 Å². The van der Waals surface area contributed by atoms with Gasteiger partial charge in [0, 0.05) is 22.5 Å². The van der Waals surface area contributed by atoms with Crippen molar-refractivity contribution in [1.29, 1.82) is 0 Å². The number of carbonyl (C=O) groups is 2. The molecule has 0 atom stereocenters. The van der Waals surface area contributed by atoms with E-state index in [2.05, 4.69) is 26.0 Å². The number of halogens is 2. The number of hydrogen-bond acceptors (Lipinski definition) is 3. The van der Waals surface area contributed by atoms with Crippen LogP contribution in [-0.2, 0) is 9.53 Å². The van der Waals surface area contributed by atoms with Crippen LogP contribution < -0.4 is 5.32 Å². The minimum absolute atomic E-state index is 0.205. The van der Waals surface area contributed by atoms with Gasteiger partial charge >= 0.3 is 5.97 Å². The monoisotopic (exact) mass is 333 g/mol. The molecule has 0 aliphatic carbocycles. The molecule has 4 nitrogen and oxygen atoms in total. The molecule has 0 aliphatic heterocycles. The largest absolute Gasteiger partial charge is 0.469 e. The highest BCUT2D eigenvalue weighted by Gasteiger charge is 2.09. The van der Waals surface area contributed by atoms with Gasteiger partial charge in [0.05, 0.1) is 12.7 Å². The molecule has 0 bridgehead atoms. The summed E-state index contributed by atoms with van der Waals surface area (Å²) >= 11 is 9.06. The third kappa shape index (κ3) is 4.66. The van der Waals surface area contributed by atoms with Crippen molar-refractivity contribution in [3.63, 3.8) is 0 Å². The van der Waals surface area contributed by atoms with Crippen molar-refractivity contribution in [2.45, 2.75) is 12.8 Å². The van der Waals surface area contributed by atoms with Gasteiger partial charge in [0.25, 0.3) is 5.91 Å². The lowest BCUT2D eigenvalue weighted by Crippen LogP contribution is -2.25. The second-order valence-electron chi connectivity index (χ2n) is 3.56. The van der Waals surface area contributed by atoms with Gasteiger partial charge in [-0.2, -0.15) is 0 Å². The molecule has 0 aliphatic rings. The highest BCUT2D eigenvalue weighted by Crippen LogP contribution is 2.21. The number of carbonyl (C=O) groups excluding carboxylic acids is 2. The molecule has 18 heavy (non-hydrogen) atoms. The van der Waals surface area contributed by atoms with Gasteiger partial charge in [-0.25, -0.2) is 0 Å². The van der Waals surface area contributed by atoms with Crippen LogP contribution in [0.4, 0.5) is 0 Å². The molecule has 98 valence electrons. The molecule has 1 amide bonds. The number of methoxy groups -OCH3 is 1. The van der Waals surface area contributed by atoms with Crippen LogP contribution in [0.2, 0.25) is 5.02 Å². The quantitative estimate of drug-likeness (QED) is 0.665. The summed E-state index contributed by atoms with van der Waals surface area (Å²) in [6, 6.07) is 4.95. The van der Waals surface area contributed by atoms with E-state index in [9.17, 15) is 9.59 Å². The van der Waals surface area contributed by atoms with Crippen LogP contribution in [0.1, 0.15) is 23.2 Å². The summed E-state index contributed by atoms with van der Waals surface area (Å²) in [6.07, 6.45) is 0.836. The fourth-order valence-electron chi connectivity index (χ4n) is 1.31. The maximum atomic E-state index is 11.8. The Hall–Kier alpha value is -1.07. The molecule has 0 fully saturated rings. The molecule has 1 N–H and O–H groups in total. The minimum Gasteiger partial charge on any atom is -0.469 e. The zero-order valence-corrected chi connectivity index (χ0v) is 12.2. The fraction of sp³-hybridized carbons (Fsp3) is 0.333. The van der Waals surface area contributed by atoms with Gasteiger partial charge in [0.2, 0.25) is 0 Å². The second kappa shape index (κ2) is 7.38. The first kappa shape index (κ1) is 15.0. The van der Waals surface area contributed by atoms with Gasteiger partial charge in [-0.3, -0.25) is 9.59 Å². The van der Waals surface area contributed by atoms with Crippen molar-refractivity contribution in [3.8, 4) is 0 Å². The van der Waals surface area contributed by atoms with E-state index in [-0.39, 0.29) is 11.9 Å². The Morgan fingerprint density at radius 3 is 2.78 bits per heavy atom. The van der Waals surface area contributed by atoms with Crippen LogP contribution in [0, 0.1) is 0 Å². The summed E-state index contributed by atoms with van der Waals surface area (Å²) in [6.45, 7) is 0.420. The van der Waals surface area contributed by atoms with Crippen LogP contribution in [0.25, 0.3) is 0 Å². The Bertz CT molecular complexity index is 451. The molecule has 1 rings (SSSR count). The van der Waals surface area contributed by atoms with E-state index >= 15 is 0 Å². The first-order valence-corrected chi connectivity index (χ1v) is 6.51. The number of amides is 1. The van der Waals surface area contributed by atoms with E-state index in [0.29, 0.717) is 34.4 Å². The average Bonchev–Trinajstić information content (AvgIpc) is 2.34. The van der Waals surface area contributed by atoms with Gasteiger partial charge < -0.3 is 10.1 Å². The first-order chi connectivity index (χ1) is 8.54. The minimum atomic E-state index is -0.281. The van der Waals surface area contributed by atoms with E-state index in [4.69, 9.17) is 11.6 Å². The zero-order valence-electron chi connectivity index (χ0n) is 9.83. The Balaban J connectivity index is 2.43. The summed E-state index contributed by atoms with van der Waals surface area (Å²) in [5.41, 5.74) is 0.512. The van der Waals surface area contributed by atoms with Crippen molar-refractivity contribution in [2.24, 2.45) is 0 Å². The molecular formula is C12H13BrClNO3. The Morgan fingerprint density at radius 1 is 1.44 bits per heavy atom.